The average molecular weight is 261 g/mol. The summed E-state index contributed by atoms with van der Waals surface area (Å²) in [5, 5.41) is 3.23. The van der Waals surface area contributed by atoms with Crippen LogP contribution in [-0.4, -0.2) is 36.4 Å². The van der Waals surface area contributed by atoms with Gasteiger partial charge in [-0.3, -0.25) is 4.57 Å². The number of hydrogen-bond donors (Lipinski definition) is 1. The van der Waals surface area contributed by atoms with E-state index in [1.54, 1.807) is 13.3 Å². The summed E-state index contributed by atoms with van der Waals surface area (Å²) in [6, 6.07) is 7.93. The fraction of sp³-hybridized carbons (Fsp3) is 0.357. The molecule has 0 spiro atoms. The lowest BCUT2D eigenvalue weighted by molar-refractivity contribution is 0.210. The summed E-state index contributed by atoms with van der Waals surface area (Å²) >= 11 is 0. The van der Waals surface area contributed by atoms with E-state index in [9.17, 15) is 0 Å². The van der Waals surface area contributed by atoms with E-state index in [4.69, 9.17) is 9.47 Å². The number of aromatic nitrogens is 2. The van der Waals surface area contributed by atoms with Gasteiger partial charge in [-0.15, -0.1) is 0 Å². The van der Waals surface area contributed by atoms with Gasteiger partial charge < -0.3 is 14.8 Å². The number of hydrogen-bond acceptors (Lipinski definition) is 4. The van der Waals surface area contributed by atoms with E-state index in [1.807, 2.05) is 42.0 Å². The quantitative estimate of drug-likeness (QED) is 0.777. The van der Waals surface area contributed by atoms with E-state index in [-0.39, 0.29) is 0 Å². The highest BCUT2D eigenvalue weighted by Gasteiger charge is 2.04. The Bertz CT molecular complexity index is 494. The van der Waals surface area contributed by atoms with Crippen molar-refractivity contribution in [2.24, 2.45) is 0 Å². The minimum atomic E-state index is 0.649. The Morgan fingerprint density at radius 1 is 1.26 bits per heavy atom. The van der Waals surface area contributed by atoms with Gasteiger partial charge in [0.1, 0.15) is 5.75 Å². The third-order valence-electron chi connectivity index (χ3n) is 2.66. The molecule has 5 heteroatoms. The second-order valence-corrected chi connectivity index (χ2v) is 3.97. The smallest absolute Gasteiger partial charge is 0.207 e. The number of methoxy groups -OCH3 is 1. The van der Waals surface area contributed by atoms with Crippen LogP contribution in [0.5, 0.6) is 5.75 Å². The van der Waals surface area contributed by atoms with Crippen molar-refractivity contribution in [1.29, 1.82) is 0 Å². The maximum absolute atomic E-state index is 5.43. The zero-order valence-corrected chi connectivity index (χ0v) is 11.3. The molecule has 5 nitrogen and oxygen atoms in total. The van der Waals surface area contributed by atoms with Gasteiger partial charge in [-0.2, -0.15) is 0 Å². The van der Waals surface area contributed by atoms with Crippen molar-refractivity contribution >= 4 is 5.95 Å². The van der Waals surface area contributed by atoms with Crippen LogP contribution >= 0.6 is 0 Å². The molecule has 1 aromatic carbocycles. The number of anilines is 1. The van der Waals surface area contributed by atoms with Gasteiger partial charge in [0.25, 0.3) is 0 Å². The molecule has 0 aliphatic carbocycles. The predicted octanol–water partition coefficient (Wildman–Crippen LogP) is 2.33. The summed E-state index contributed by atoms with van der Waals surface area (Å²) in [6.07, 6.45) is 3.69. The zero-order valence-electron chi connectivity index (χ0n) is 11.3. The third kappa shape index (κ3) is 3.48. The highest BCUT2D eigenvalue weighted by molar-refractivity contribution is 5.44. The van der Waals surface area contributed by atoms with Crippen molar-refractivity contribution in [3.05, 3.63) is 36.7 Å². The van der Waals surface area contributed by atoms with Gasteiger partial charge in [0, 0.05) is 31.7 Å². The molecule has 0 saturated heterocycles. The molecule has 0 aliphatic rings. The van der Waals surface area contributed by atoms with Gasteiger partial charge in [0.05, 0.1) is 13.2 Å². The Morgan fingerprint density at radius 3 is 2.74 bits per heavy atom. The average Bonchev–Trinajstić information content (AvgIpc) is 2.89. The fourth-order valence-electron chi connectivity index (χ4n) is 1.78. The van der Waals surface area contributed by atoms with Crippen molar-refractivity contribution < 1.29 is 9.47 Å². The molecule has 2 aromatic rings. The first-order valence-electron chi connectivity index (χ1n) is 6.34. The van der Waals surface area contributed by atoms with Crippen LogP contribution in [0.4, 0.5) is 5.95 Å². The van der Waals surface area contributed by atoms with Crippen molar-refractivity contribution in [2.75, 3.05) is 32.2 Å². The largest absolute Gasteiger partial charge is 0.494 e. The van der Waals surface area contributed by atoms with E-state index in [2.05, 4.69) is 10.3 Å². The van der Waals surface area contributed by atoms with Gasteiger partial charge in [0.15, 0.2) is 0 Å². The first kappa shape index (κ1) is 13.4. The number of benzene rings is 1. The summed E-state index contributed by atoms with van der Waals surface area (Å²) in [4.78, 5) is 4.29. The van der Waals surface area contributed by atoms with Crippen LogP contribution < -0.4 is 10.1 Å². The molecule has 0 amide bonds. The highest BCUT2D eigenvalue weighted by atomic mass is 16.5. The molecule has 0 unspecified atom stereocenters. The fourth-order valence-corrected chi connectivity index (χ4v) is 1.78. The molecule has 0 fully saturated rings. The molecular formula is C14H19N3O2. The molecule has 19 heavy (non-hydrogen) atoms. The topological polar surface area (TPSA) is 48.3 Å². The van der Waals surface area contributed by atoms with Crippen LogP contribution in [0, 0.1) is 0 Å². The van der Waals surface area contributed by atoms with Crippen molar-refractivity contribution in [3.8, 4) is 11.4 Å². The van der Waals surface area contributed by atoms with Crippen LogP contribution in [0.2, 0.25) is 0 Å². The molecule has 102 valence electrons. The number of nitrogens with zero attached hydrogens (tertiary/aromatic N) is 2. The number of nitrogens with one attached hydrogen (secondary N) is 1. The molecule has 0 radical (unpaired) electrons. The van der Waals surface area contributed by atoms with Crippen LogP contribution in [0.15, 0.2) is 36.7 Å². The summed E-state index contributed by atoms with van der Waals surface area (Å²) < 4.78 is 12.4. The second kappa shape index (κ2) is 6.80. The van der Waals surface area contributed by atoms with E-state index >= 15 is 0 Å². The summed E-state index contributed by atoms with van der Waals surface area (Å²) in [7, 11) is 1.68. The normalized spacial score (nSPS) is 10.4. The van der Waals surface area contributed by atoms with Gasteiger partial charge >= 0.3 is 0 Å². The Balaban J connectivity index is 2.10. The summed E-state index contributed by atoms with van der Waals surface area (Å²) in [5.74, 6) is 1.68. The van der Waals surface area contributed by atoms with Gasteiger partial charge in [-0.25, -0.2) is 4.98 Å². The second-order valence-electron chi connectivity index (χ2n) is 3.97. The third-order valence-corrected chi connectivity index (χ3v) is 2.66. The maximum atomic E-state index is 5.43. The van der Waals surface area contributed by atoms with E-state index < -0.39 is 0 Å². The van der Waals surface area contributed by atoms with E-state index in [0.717, 1.165) is 23.9 Å². The minimum Gasteiger partial charge on any atom is -0.494 e. The lowest BCUT2D eigenvalue weighted by atomic mass is 10.3. The monoisotopic (exact) mass is 261 g/mol. The molecule has 0 saturated carbocycles. The first-order chi connectivity index (χ1) is 9.35. The van der Waals surface area contributed by atoms with Gasteiger partial charge in [0.2, 0.25) is 5.95 Å². The van der Waals surface area contributed by atoms with E-state index in [0.29, 0.717) is 13.2 Å². The standard InChI is InChI=1S/C14H19N3O2/c1-3-19-13-6-4-12(5-7-13)17-10-8-15-14(17)16-9-11-18-2/h4-8,10H,3,9,11H2,1-2H3,(H,15,16). The number of imidazole rings is 1. The minimum absolute atomic E-state index is 0.649. The molecule has 0 bridgehead atoms. The van der Waals surface area contributed by atoms with Crippen LogP contribution in [0.25, 0.3) is 5.69 Å². The zero-order chi connectivity index (χ0) is 13.5. The molecule has 1 aromatic heterocycles. The Hall–Kier alpha value is -2.01. The van der Waals surface area contributed by atoms with Crippen LogP contribution in [0.3, 0.4) is 0 Å². The molecule has 1 N–H and O–H groups in total. The Kier molecular flexibility index (Phi) is 4.80. The first-order valence-corrected chi connectivity index (χ1v) is 6.34. The summed E-state index contributed by atoms with van der Waals surface area (Å²) in [5.41, 5.74) is 1.04. The van der Waals surface area contributed by atoms with Gasteiger partial charge in [-0.05, 0) is 31.2 Å². The lowest BCUT2D eigenvalue weighted by Gasteiger charge is -2.10. The number of rotatable bonds is 7. The molecular weight excluding hydrogens is 242 g/mol. The number of ether oxygens (including phenoxy) is 2. The van der Waals surface area contributed by atoms with Crippen molar-refractivity contribution in [1.82, 2.24) is 9.55 Å². The van der Waals surface area contributed by atoms with E-state index in [1.165, 1.54) is 0 Å². The maximum Gasteiger partial charge on any atom is 0.207 e. The summed E-state index contributed by atoms with van der Waals surface area (Å²) in [6.45, 7) is 4.02. The molecule has 0 atom stereocenters. The Morgan fingerprint density at radius 2 is 2.05 bits per heavy atom. The van der Waals surface area contributed by atoms with Gasteiger partial charge in [-0.1, -0.05) is 0 Å². The molecule has 1 heterocycles. The molecule has 2 rings (SSSR count). The van der Waals surface area contributed by atoms with Crippen molar-refractivity contribution in [3.63, 3.8) is 0 Å². The van der Waals surface area contributed by atoms with Crippen molar-refractivity contribution in [2.45, 2.75) is 6.92 Å². The van der Waals surface area contributed by atoms with Crippen LogP contribution in [0.1, 0.15) is 6.92 Å². The molecule has 0 aliphatic heterocycles. The Labute approximate surface area is 113 Å². The highest BCUT2D eigenvalue weighted by Crippen LogP contribution is 2.18. The lowest BCUT2D eigenvalue weighted by Crippen LogP contribution is -2.11. The van der Waals surface area contributed by atoms with Crippen LogP contribution in [-0.2, 0) is 4.74 Å². The SMILES string of the molecule is CCOc1ccc(-n2ccnc2NCCOC)cc1. The predicted molar refractivity (Wildman–Crippen MR) is 75.1 cm³/mol.